The van der Waals surface area contributed by atoms with Crippen LogP contribution >= 0.6 is 0 Å². The molecule has 0 spiro atoms. The summed E-state index contributed by atoms with van der Waals surface area (Å²) in [6.07, 6.45) is 0. The summed E-state index contributed by atoms with van der Waals surface area (Å²) >= 11 is 0. The van der Waals surface area contributed by atoms with Crippen molar-refractivity contribution in [2.75, 3.05) is 0 Å². The average Bonchev–Trinajstić information content (AvgIpc) is 3.12. The van der Waals surface area contributed by atoms with Crippen LogP contribution in [0, 0.1) is 13.8 Å². The molecular weight excluding hydrogens is 640 g/mol. The second kappa shape index (κ2) is 11.3. The molecule has 0 saturated carbocycles. The Bertz CT molecular complexity index is 2330. The van der Waals surface area contributed by atoms with Gasteiger partial charge in [0.05, 0.1) is 11.1 Å². The van der Waals surface area contributed by atoms with E-state index in [4.69, 9.17) is 0 Å². The second-order valence-corrected chi connectivity index (χ2v) is 12.1. The summed E-state index contributed by atoms with van der Waals surface area (Å²) in [4.78, 5) is 0. The second-order valence-electron chi connectivity index (χ2n) is 12.1. The zero-order valence-electron chi connectivity index (χ0n) is 26.6. The molecule has 0 atom stereocenters. The Kier molecular flexibility index (Phi) is 7.18. The first kappa shape index (κ1) is 31.6. The van der Waals surface area contributed by atoms with Crippen LogP contribution in [0.25, 0.3) is 66.1 Å². The van der Waals surface area contributed by atoms with Crippen molar-refractivity contribution in [2.45, 2.75) is 13.8 Å². The Morgan fingerprint density at radius 3 is 0.920 bits per heavy atom. The number of hydrogen-bond donors (Lipinski definition) is 10. The predicted octanol–water partition coefficient (Wildman–Crippen LogP) is 8.33. The number of aryl methyl sites for hydroxylation is 2. The van der Waals surface area contributed by atoms with Crippen LogP contribution in [0.1, 0.15) is 11.1 Å². The lowest BCUT2D eigenvalue weighted by Crippen LogP contribution is -1.95. The van der Waals surface area contributed by atoms with Crippen molar-refractivity contribution in [3.8, 4) is 102 Å². The van der Waals surface area contributed by atoms with Gasteiger partial charge in [0.15, 0.2) is 23.0 Å². The zero-order chi connectivity index (χ0) is 35.8. The first-order valence-corrected chi connectivity index (χ1v) is 15.4. The van der Waals surface area contributed by atoms with E-state index in [1.54, 1.807) is 36.4 Å². The minimum atomic E-state index is -1.14. The smallest absolute Gasteiger partial charge is 0.208 e. The fourth-order valence-electron chi connectivity index (χ4n) is 6.74. The van der Waals surface area contributed by atoms with E-state index in [0.29, 0.717) is 11.1 Å². The Morgan fingerprint density at radius 1 is 0.300 bits per heavy atom. The number of phenolic OH excluding ortho intramolecular Hbond substituents is 10. The first-order chi connectivity index (χ1) is 23.8. The highest BCUT2D eigenvalue weighted by molar-refractivity contribution is 6.25. The Morgan fingerprint density at radius 2 is 0.600 bits per heavy atom. The van der Waals surface area contributed by atoms with Crippen molar-refractivity contribution < 1.29 is 51.1 Å². The van der Waals surface area contributed by atoms with Gasteiger partial charge in [-0.25, -0.2) is 0 Å². The molecule has 0 heterocycles. The third-order valence-electron chi connectivity index (χ3n) is 9.27. The molecule has 0 amide bonds. The van der Waals surface area contributed by atoms with Gasteiger partial charge in [-0.3, -0.25) is 0 Å². The summed E-state index contributed by atoms with van der Waals surface area (Å²) in [6, 6.07) is 25.2. The third kappa shape index (κ3) is 4.50. The number of fused-ring (bicyclic) bond motifs is 2. The van der Waals surface area contributed by atoms with Crippen molar-refractivity contribution in [1.29, 1.82) is 0 Å². The normalized spacial score (nSPS) is 11.4. The molecule has 7 aromatic carbocycles. The van der Waals surface area contributed by atoms with E-state index in [2.05, 4.69) is 0 Å². The van der Waals surface area contributed by atoms with Crippen molar-refractivity contribution in [3.05, 3.63) is 96.1 Å². The quantitative estimate of drug-likeness (QED) is 0.0493. The largest absolute Gasteiger partial charge is 0.504 e. The minimum absolute atomic E-state index is 0.0809. The number of aromatic hydroxyl groups is 10. The van der Waals surface area contributed by atoms with Gasteiger partial charge < -0.3 is 51.1 Å². The summed E-state index contributed by atoms with van der Waals surface area (Å²) in [5.41, 5.74) is 4.06. The molecular formula is C40H30O10. The average molecular weight is 671 g/mol. The summed E-state index contributed by atoms with van der Waals surface area (Å²) in [7, 11) is 0. The highest BCUT2D eigenvalue weighted by Gasteiger charge is 2.31. The maximum absolute atomic E-state index is 11.3. The molecule has 0 fully saturated rings. The van der Waals surface area contributed by atoms with E-state index in [-0.39, 0.29) is 32.7 Å². The summed E-state index contributed by atoms with van der Waals surface area (Å²) < 4.78 is 0. The number of hydrogen-bond acceptors (Lipinski definition) is 10. The third-order valence-corrected chi connectivity index (χ3v) is 9.27. The van der Waals surface area contributed by atoms with Gasteiger partial charge in [-0.05, 0) is 80.9 Å². The standard InChI is InChI=1S/C40H30O10/c1-17-7-3-5-9-21(17)19-11-13-23-25(15-19)27(29-31(41)35(45)39(49)36(46)32(29)42)24-14-12-20(22-10-6-4-8-18(22)2)16-26(24)28(23)30-33(43)37(47)40(50)38(48)34(30)44/h3-16,41-50H,1-2H3. The van der Waals surface area contributed by atoms with Gasteiger partial charge in [-0.15, -0.1) is 0 Å². The lowest BCUT2D eigenvalue weighted by Gasteiger charge is -2.22. The maximum atomic E-state index is 11.3. The van der Waals surface area contributed by atoms with E-state index in [1.165, 1.54) is 0 Å². The SMILES string of the molecule is Cc1ccccc1-c1ccc2c(-c3c(O)c(O)c(O)c(O)c3O)c3cc(-c4ccccc4C)ccc3c(-c3c(O)c(O)c(O)c(O)c3O)c2c1. The first-order valence-electron chi connectivity index (χ1n) is 15.4. The van der Waals surface area contributed by atoms with Gasteiger partial charge in [-0.1, -0.05) is 72.8 Å². The van der Waals surface area contributed by atoms with Crippen LogP contribution in [0.3, 0.4) is 0 Å². The molecule has 0 aliphatic carbocycles. The molecule has 0 unspecified atom stereocenters. The number of benzene rings is 7. The van der Waals surface area contributed by atoms with Gasteiger partial charge in [-0.2, -0.15) is 0 Å². The monoisotopic (exact) mass is 670 g/mol. The lowest BCUT2D eigenvalue weighted by atomic mass is 9.82. The highest BCUT2D eigenvalue weighted by Crippen LogP contribution is 2.61. The van der Waals surface area contributed by atoms with Crippen molar-refractivity contribution in [3.63, 3.8) is 0 Å². The van der Waals surface area contributed by atoms with Gasteiger partial charge in [0.25, 0.3) is 0 Å². The fourth-order valence-corrected chi connectivity index (χ4v) is 6.74. The molecule has 0 radical (unpaired) electrons. The molecule has 50 heavy (non-hydrogen) atoms. The van der Waals surface area contributed by atoms with Crippen LogP contribution in [-0.2, 0) is 0 Å². The van der Waals surface area contributed by atoms with Gasteiger partial charge in [0.2, 0.25) is 34.5 Å². The van der Waals surface area contributed by atoms with E-state index in [9.17, 15) is 51.1 Å². The number of rotatable bonds is 4. The summed E-state index contributed by atoms with van der Waals surface area (Å²) in [5, 5.41) is 109. The van der Waals surface area contributed by atoms with Gasteiger partial charge in [0, 0.05) is 11.1 Å². The van der Waals surface area contributed by atoms with Gasteiger partial charge >= 0.3 is 0 Å². The molecule has 0 saturated heterocycles. The van der Waals surface area contributed by atoms with Crippen LogP contribution in [0.2, 0.25) is 0 Å². The predicted molar refractivity (Wildman–Crippen MR) is 189 cm³/mol. The molecule has 10 heteroatoms. The van der Waals surface area contributed by atoms with Crippen LogP contribution in [-0.4, -0.2) is 51.1 Å². The summed E-state index contributed by atoms with van der Waals surface area (Å²) in [6.45, 7) is 3.82. The summed E-state index contributed by atoms with van der Waals surface area (Å²) in [5.74, 6) is -10.4. The van der Waals surface area contributed by atoms with Gasteiger partial charge in [0.1, 0.15) is 0 Å². The van der Waals surface area contributed by atoms with Crippen LogP contribution in [0.15, 0.2) is 84.9 Å². The molecule has 10 N–H and O–H groups in total. The van der Waals surface area contributed by atoms with Crippen LogP contribution in [0.4, 0.5) is 0 Å². The van der Waals surface area contributed by atoms with E-state index in [0.717, 1.165) is 22.3 Å². The highest BCUT2D eigenvalue weighted by atomic mass is 16.4. The van der Waals surface area contributed by atoms with Crippen molar-refractivity contribution in [1.82, 2.24) is 0 Å². The van der Waals surface area contributed by atoms with E-state index < -0.39 is 68.6 Å². The number of phenols is 10. The van der Waals surface area contributed by atoms with Crippen molar-refractivity contribution >= 4 is 21.5 Å². The maximum Gasteiger partial charge on any atom is 0.208 e. The molecule has 7 rings (SSSR count). The fraction of sp³-hybridized carbons (Fsp3) is 0.0500. The Balaban J connectivity index is 1.78. The van der Waals surface area contributed by atoms with E-state index >= 15 is 0 Å². The van der Waals surface area contributed by atoms with Crippen molar-refractivity contribution in [2.24, 2.45) is 0 Å². The topological polar surface area (TPSA) is 202 Å². The Hall–Kier alpha value is -6.94. The zero-order valence-corrected chi connectivity index (χ0v) is 26.6. The molecule has 7 aromatic rings. The molecule has 250 valence electrons. The van der Waals surface area contributed by atoms with E-state index in [1.807, 2.05) is 62.4 Å². The molecule has 10 nitrogen and oxygen atoms in total. The molecule has 0 aliphatic rings. The van der Waals surface area contributed by atoms with Crippen LogP contribution < -0.4 is 0 Å². The minimum Gasteiger partial charge on any atom is -0.504 e. The molecule has 0 aliphatic heterocycles. The lowest BCUT2D eigenvalue weighted by molar-refractivity contribution is 0.330. The molecule has 0 bridgehead atoms. The Labute approximate surface area is 284 Å². The molecule has 0 aromatic heterocycles. The van der Waals surface area contributed by atoms with Crippen LogP contribution in [0.5, 0.6) is 57.5 Å².